The highest BCUT2D eigenvalue weighted by molar-refractivity contribution is 7.99. The summed E-state index contributed by atoms with van der Waals surface area (Å²) in [6, 6.07) is 9.95. The van der Waals surface area contributed by atoms with Crippen molar-refractivity contribution in [3.63, 3.8) is 0 Å². The van der Waals surface area contributed by atoms with Gasteiger partial charge in [0.25, 0.3) is 5.91 Å². The Morgan fingerprint density at radius 3 is 2.90 bits per heavy atom. The molecule has 2 fully saturated rings. The van der Waals surface area contributed by atoms with E-state index in [1.807, 2.05) is 11.8 Å². The summed E-state index contributed by atoms with van der Waals surface area (Å²) in [5.74, 6) is 0.620. The summed E-state index contributed by atoms with van der Waals surface area (Å²) in [5, 5.41) is 13.4. The number of thioether (sulfide) groups is 1. The molecular formula is C23H25N3O4S. The van der Waals surface area contributed by atoms with Gasteiger partial charge < -0.3 is 14.7 Å². The number of ether oxygens (including phenoxy) is 1. The van der Waals surface area contributed by atoms with Crippen LogP contribution >= 0.6 is 11.8 Å². The molecule has 0 bridgehead atoms. The normalized spacial score (nSPS) is 29.6. The second-order valence-corrected chi connectivity index (χ2v) is 9.97. The maximum absolute atomic E-state index is 13.3. The molecule has 1 aromatic carbocycles. The minimum atomic E-state index is -0.526. The van der Waals surface area contributed by atoms with E-state index in [1.165, 1.54) is 30.0 Å². The molecule has 1 N–H and O–H groups in total. The van der Waals surface area contributed by atoms with Gasteiger partial charge in [-0.05, 0) is 29.9 Å². The van der Waals surface area contributed by atoms with E-state index in [1.54, 1.807) is 15.8 Å². The summed E-state index contributed by atoms with van der Waals surface area (Å²) in [7, 11) is 0. The minimum absolute atomic E-state index is 0.0293. The Hall–Kier alpha value is -2.45. The molecule has 31 heavy (non-hydrogen) atoms. The Balaban J connectivity index is 1.60. The number of aromatic nitrogens is 1. The summed E-state index contributed by atoms with van der Waals surface area (Å²) < 4.78 is 7.57. The molecule has 0 radical (unpaired) electrons. The van der Waals surface area contributed by atoms with E-state index < -0.39 is 11.2 Å². The molecule has 2 unspecified atom stereocenters. The summed E-state index contributed by atoms with van der Waals surface area (Å²) in [6.45, 7) is 1.30. The minimum Gasteiger partial charge on any atom is -0.502 e. The fourth-order valence-corrected chi connectivity index (χ4v) is 7.32. The van der Waals surface area contributed by atoms with E-state index in [4.69, 9.17) is 4.74 Å². The summed E-state index contributed by atoms with van der Waals surface area (Å²) >= 11 is 2.03. The maximum atomic E-state index is 13.3. The van der Waals surface area contributed by atoms with Crippen molar-refractivity contribution in [3.05, 3.63) is 63.6 Å². The van der Waals surface area contributed by atoms with Crippen LogP contribution in [0.2, 0.25) is 0 Å². The third-order valence-corrected chi connectivity index (χ3v) is 8.69. The number of fused-ring (bicyclic) bond motifs is 4. The monoisotopic (exact) mass is 439 g/mol. The van der Waals surface area contributed by atoms with Crippen LogP contribution in [-0.2, 0) is 10.5 Å². The largest absolute Gasteiger partial charge is 0.502 e. The Morgan fingerprint density at radius 1 is 1.13 bits per heavy atom. The number of amides is 1. The molecule has 4 aliphatic rings. The highest BCUT2D eigenvalue weighted by Crippen LogP contribution is 2.50. The molecule has 162 valence electrons. The number of rotatable bonds is 1. The Morgan fingerprint density at radius 2 is 2.00 bits per heavy atom. The van der Waals surface area contributed by atoms with Crippen molar-refractivity contribution in [1.29, 1.82) is 0 Å². The van der Waals surface area contributed by atoms with Crippen LogP contribution in [0.1, 0.15) is 46.9 Å². The maximum Gasteiger partial charge on any atom is 0.278 e. The van der Waals surface area contributed by atoms with Crippen molar-refractivity contribution in [2.75, 3.05) is 24.8 Å². The van der Waals surface area contributed by atoms with Crippen molar-refractivity contribution in [2.24, 2.45) is 5.92 Å². The van der Waals surface area contributed by atoms with Crippen LogP contribution in [-0.4, -0.2) is 51.8 Å². The van der Waals surface area contributed by atoms with Gasteiger partial charge in [-0.25, -0.2) is 0 Å². The van der Waals surface area contributed by atoms with Crippen molar-refractivity contribution < 1.29 is 14.6 Å². The SMILES string of the molecule is O=C1c2c(O)c(=O)ccn2N([C@H]2c3ccccc3CSC3CCCC32)[C@@H]2COCCN12. The zero-order valence-electron chi connectivity index (χ0n) is 17.1. The predicted molar refractivity (Wildman–Crippen MR) is 118 cm³/mol. The van der Waals surface area contributed by atoms with Gasteiger partial charge in [0.1, 0.15) is 6.17 Å². The first kappa shape index (κ1) is 19.3. The van der Waals surface area contributed by atoms with Gasteiger partial charge in [-0.2, -0.15) is 11.8 Å². The van der Waals surface area contributed by atoms with Gasteiger partial charge in [0.15, 0.2) is 11.4 Å². The van der Waals surface area contributed by atoms with Gasteiger partial charge in [0.05, 0.1) is 19.3 Å². The first-order chi connectivity index (χ1) is 15.1. The summed E-state index contributed by atoms with van der Waals surface area (Å²) in [4.78, 5) is 27.3. The number of aromatic hydroxyl groups is 1. The number of pyridine rings is 1. The lowest BCUT2D eigenvalue weighted by atomic mass is 9.88. The summed E-state index contributed by atoms with van der Waals surface area (Å²) in [6.07, 6.45) is 4.88. The zero-order chi connectivity index (χ0) is 21.1. The Labute approximate surface area is 184 Å². The molecule has 1 amide bonds. The van der Waals surface area contributed by atoms with Gasteiger partial charge in [-0.3, -0.25) is 19.3 Å². The third kappa shape index (κ3) is 2.84. The number of carbonyl (C=O) groups excluding carboxylic acids is 1. The molecule has 6 rings (SSSR count). The molecule has 7 nitrogen and oxygen atoms in total. The Bertz CT molecular complexity index is 1100. The quantitative estimate of drug-likeness (QED) is 0.736. The molecule has 4 heterocycles. The van der Waals surface area contributed by atoms with Crippen LogP contribution in [0, 0.1) is 5.92 Å². The number of morpholine rings is 1. The van der Waals surface area contributed by atoms with Crippen LogP contribution in [0.5, 0.6) is 5.75 Å². The van der Waals surface area contributed by atoms with Crippen molar-refractivity contribution in [1.82, 2.24) is 9.58 Å². The zero-order valence-corrected chi connectivity index (χ0v) is 18.0. The lowest BCUT2D eigenvalue weighted by molar-refractivity contribution is -0.0232. The van der Waals surface area contributed by atoms with E-state index in [0.717, 1.165) is 12.2 Å². The van der Waals surface area contributed by atoms with Gasteiger partial charge >= 0.3 is 0 Å². The fourth-order valence-electron chi connectivity index (χ4n) is 5.80. The average Bonchev–Trinajstić information content (AvgIpc) is 3.20. The first-order valence-corrected chi connectivity index (χ1v) is 12.0. The van der Waals surface area contributed by atoms with Crippen LogP contribution in [0.3, 0.4) is 0 Å². The van der Waals surface area contributed by atoms with Crippen molar-refractivity contribution in [3.8, 4) is 5.75 Å². The van der Waals surface area contributed by atoms with Crippen LogP contribution in [0.25, 0.3) is 0 Å². The highest BCUT2D eigenvalue weighted by Gasteiger charge is 2.49. The molecule has 1 saturated heterocycles. The van der Waals surface area contributed by atoms with Gasteiger partial charge in [-0.1, -0.05) is 30.7 Å². The molecule has 4 atom stereocenters. The smallest absolute Gasteiger partial charge is 0.278 e. The van der Waals surface area contributed by atoms with E-state index in [-0.39, 0.29) is 23.8 Å². The van der Waals surface area contributed by atoms with Gasteiger partial charge in [0, 0.05) is 29.8 Å². The number of hydrogen-bond acceptors (Lipinski definition) is 6. The predicted octanol–water partition coefficient (Wildman–Crippen LogP) is 2.46. The first-order valence-electron chi connectivity index (χ1n) is 11.0. The molecule has 8 heteroatoms. The molecule has 0 spiro atoms. The second kappa shape index (κ2) is 7.31. The fraction of sp³-hybridized carbons (Fsp3) is 0.478. The number of benzene rings is 1. The molecule has 2 aromatic rings. The van der Waals surface area contributed by atoms with E-state index >= 15 is 0 Å². The lowest BCUT2D eigenvalue weighted by Gasteiger charge is -2.52. The highest BCUT2D eigenvalue weighted by atomic mass is 32.2. The standard InChI is InChI=1S/C23H25N3O4S/c27-17-8-9-25-21(22(17)28)23(29)24-10-11-30-12-19(24)26(25)20-15-5-2-1-4-14(15)13-31-18-7-3-6-16(18)20/h1-2,4-5,8-9,16,18-20,28H,3,6-7,10-13H2/t16?,18?,19-,20+/m1/s1. The van der Waals surface area contributed by atoms with Crippen LogP contribution < -0.4 is 10.4 Å². The van der Waals surface area contributed by atoms with E-state index in [9.17, 15) is 14.7 Å². The number of hydrogen-bond donors (Lipinski definition) is 1. The van der Waals surface area contributed by atoms with Crippen molar-refractivity contribution >= 4 is 17.7 Å². The lowest BCUT2D eigenvalue weighted by Crippen LogP contribution is -2.67. The second-order valence-electron chi connectivity index (χ2n) is 8.74. The average molecular weight is 440 g/mol. The summed E-state index contributed by atoms with van der Waals surface area (Å²) in [5.41, 5.74) is 2.13. The molecular weight excluding hydrogens is 414 g/mol. The van der Waals surface area contributed by atoms with E-state index in [2.05, 4.69) is 29.3 Å². The molecule has 1 saturated carbocycles. The third-order valence-electron chi connectivity index (χ3n) is 7.20. The molecule has 1 aromatic heterocycles. The van der Waals surface area contributed by atoms with Gasteiger partial charge in [0.2, 0.25) is 5.43 Å². The van der Waals surface area contributed by atoms with Crippen LogP contribution in [0.15, 0.2) is 41.3 Å². The number of carbonyl (C=O) groups is 1. The van der Waals surface area contributed by atoms with Gasteiger partial charge in [-0.15, -0.1) is 0 Å². The molecule has 1 aliphatic carbocycles. The topological polar surface area (TPSA) is 75.0 Å². The van der Waals surface area contributed by atoms with Crippen LogP contribution in [0.4, 0.5) is 0 Å². The number of nitrogens with zero attached hydrogens (tertiary/aromatic N) is 3. The molecule has 3 aliphatic heterocycles. The van der Waals surface area contributed by atoms with Crippen molar-refractivity contribution in [2.45, 2.75) is 42.5 Å². The Kier molecular flexibility index (Phi) is 4.54. The van der Waals surface area contributed by atoms with E-state index in [0.29, 0.717) is 30.9 Å².